The van der Waals surface area contributed by atoms with Gasteiger partial charge in [-0.05, 0) is 54.5 Å². The molecule has 1 aliphatic rings. The van der Waals surface area contributed by atoms with Gasteiger partial charge in [0.25, 0.3) is 0 Å². The first kappa shape index (κ1) is 16.3. The van der Waals surface area contributed by atoms with Crippen LogP contribution >= 0.6 is 11.3 Å². The van der Waals surface area contributed by atoms with E-state index in [-0.39, 0.29) is 6.03 Å². The molecule has 0 aromatic carbocycles. The summed E-state index contributed by atoms with van der Waals surface area (Å²) >= 11 is 1.68. The molecule has 1 fully saturated rings. The van der Waals surface area contributed by atoms with Crippen LogP contribution in [0.25, 0.3) is 0 Å². The Kier molecular flexibility index (Phi) is 6.51. The van der Waals surface area contributed by atoms with Gasteiger partial charge in [-0.15, -0.1) is 0 Å². The highest BCUT2D eigenvalue weighted by atomic mass is 32.1. The second-order valence-electron chi connectivity index (χ2n) is 5.65. The van der Waals surface area contributed by atoms with Crippen LogP contribution in [0.3, 0.4) is 0 Å². The Balaban J connectivity index is 1.76. The van der Waals surface area contributed by atoms with Crippen molar-refractivity contribution in [1.82, 2.24) is 10.2 Å². The van der Waals surface area contributed by atoms with Gasteiger partial charge in [-0.3, -0.25) is 0 Å². The van der Waals surface area contributed by atoms with Gasteiger partial charge in [0.1, 0.15) is 0 Å². The molecule has 2 amide bonds. The molecule has 2 rings (SSSR count). The minimum Gasteiger partial charge on any atom is -0.378 e. The molecule has 0 saturated carbocycles. The SMILES string of the molecule is CCCOC1CCCN(C(=O)NCc2cscc2C)CC1. The number of nitrogens with one attached hydrogen (secondary N) is 1. The van der Waals surface area contributed by atoms with E-state index >= 15 is 0 Å². The number of likely N-dealkylation sites (tertiary alicyclic amines) is 1. The summed E-state index contributed by atoms with van der Waals surface area (Å²) < 4.78 is 5.82. The molecule has 1 aliphatic heterocycles. The van der Waals surface area contributed by atoms with Gasteiger partial charge < -0.3 is 15.0 Å². The number of hydrogen-bond acceptors (Lipinski definition) is 3. The Bertz CT molecular complexity index is 447. The molecule has 0 aliphatic carbocycles. The first-order valence-corrected chi connectivity index (χ1v) is 8.81. The number of rotatable bonds is 5. The molecule has 1 unspecified atom stereocenters. The molecule has 5 heteroatoms. The summed E-state index contributed by atoms with van der Waals surface area (Å²) in [6, 6.07) is 0.0525. The highest BCUT2D eigenvalue weighted by Crippen LogP contribution is 2.16. The maximum Gasteiger partial charge on any atom is 0.317 e. The lowest BCUT2D eigenvalue weighted by molar-refractivity contribution is 0.0445. The maximum absolute atomic E-state index is 12.3. The van der Waals surface area contributed by atoms with Crippen molar-refractivity contribution in [3.63, 3.8) is 0 Å². The topological polar surface area (TPSA) is 41.6 Å². The van der Waals surface area contributed by atoms with Crippen molar-refractivity contribution in [2.24, 2.45) is 0 Å². The predicted molar refractivity (Wildman–Crippen MR) is 86.7 cm³/mol. The summed E-state index contributed by atoms with van der Waals surface area (Å²) in [6.45, 7) is 7.29. The van der Waals surface area contributed by atoms with Gasteiger partial charge in [-0.1, -0.05) is 6.92 Å². The summed E-state index contributed by atoms with van der Waals surface area (Å²) in [6.07, 6.45) is 4.42. The van der Waals surface area contributed by atoms with Crippen LogP contribution in [0.1, 0.15) is 43.7 Å². The zero-order valence-electron chi connectivity index (χ0n) is 13.1. The fraction of sp³-hybridized carbons (Fsp3) is 0.688. The number of thiophene rings is 1. The highest BCUT2D eigenvalue weighted by molar-refractivity contribution is 7.08. The van der Waals surface area contributed by atoms with Crippen molar-refractivity contribution in [3.8, 4) is 0 Å². The van der Waals surface area contributed by atoms with Crippen molar-refractivity contribution in [2.75, 3.05) is 19.7 Å². The Labute approximate surface area is 131 Å². The Morgan fingerprint density at radius 3 is 3.00 bits per heavy atom. The standard InChI is InChI=1S/C16H26N2O2S/c1-3-9-20-15-5-4-7-18(8-6-15)16(19)17-10-14-12-21-11-13(14)2/h11-12,15H,3-10H2,1-2H3,(H,17,19). The van der Waals surface area contributed by atoms with Gasteiger partial charge in [-0.25, -0.2) is 4.79 Å². The van der Waals surface area contributed by atoms with Crippen molar-refractivity contribution in [1.29, 1.82) is 0 Å². The summed E-state index contributed by atoms with van der Waals surface area (Å²) in [7, 11) is 0. The summed E-state index contributed by atoms with van der Waals surface area (Å²) in [4.78, 5) is 14.2. The minimum absolute atomic E-state index is 0.0525. The second-order valence-corrected chi connectivity index (χ2v) is 6.39. The molecule has 1 atom stereocenters. The first-order valence-electron chi connectivity index (χ1n) is 7.86. The van der Waals surface area contributed by atoms with E-state index < -0.39 is 0 Å². The van der Waals surface area contributed by atoms with Crippen LogP contribution in [-0.2, 0) is 11.3 Å². The lowest BCUT2D eigenvalue weighted by atomic mass is 10.2. The lowest BCUT2D eigenvalue weighted by Crippen LogP contribution is -2.40. The molecule has 0 radical (unpaired) electrons. The van der Waals surface area contributed by atoms with Gasteiger partial charge in [0.2, 0.25) is 0 Å². The van der Waals surface area contributed by atoms with Crippen molar-refractivity contribution in [2.45, 2.75) is 52.2 Å². The van der Waals surface area contributed by atoms with Crippen molar-refractivity contribution in [3.05, 3.63) is 21.9 Å². The predicted octanol–water partition coefficient (Wildman–Crippen LogP) is 3.55. The average molecular weight is 310 g/mol. The number of urea groups is 1. The minimum atomic E-state index is 0.0525. The summed E-state index contributed by atoms with van der Waals surface area (Å²) in [5.74, 6) is 0. The van der Waals surface area contributed by atoms with Crippen LogP contribution < -0.4 is 5.32 Å². The average Bonchev–Trinajstić information content (AvgIpc) is 2.75. The summed E-state index contributed by atoms with van der Waals surface area (Å²) in [5.41, 5.74) is 2.47. The normalized spacial score (nSPS) is 19.3. The molecule has 21 heavy (non-hydrogen) atoms. The Morgan fingerprint density at radius 2 is 2.29 bits per heavy atom. The number of ether oxygens (including phenoxy) is 1. The molecule has 4 nitrogen and oxygen atoms in total. The first-order chi connectivity index (χ1) is 10.2. The van der Waals surface area contributed by atoms with Crippen LogP contribution in [0.5, 0.6) is 0 Å². The van der Waals surface area contributed by atoms with Gasteiger partial charge >= 0.3 is 6.03 Å². The Hall–Kier alpha value is -1.07. The van der Waals surface area contributed by atoms with Crippen LogP contribution in [0.4, 0.5) is 4.79 Å². The Morgan fingerprint density at radius 1 is 1.43 bits per heavy atom. The van der Waals surface area contributed by atoms with E-state index in [2.05, 4.69) is 29.9 Å². The van der Waals surface area contributed by atoms with E-state index in [0.29, 0.717) is 12.6 Å². The van der Waals surface area contributed by atoms with Gasteiger partial charge in [0.05, 0.1) is 6.10 Å². The van der Waals surface area contributed by atoms with E-state index in [0.717, 1.165) is 45.4 Å². The van der Waals surface area contributed by atoms with E-state index in [1.165, 1.54) is 11.1 Å². The molecular weight excluding hydrogens is 284 g/mol. The molecule has 0 bridgehead atoms. The fourth-order valence-corrected chi connectivity index (χ4v) is 3.43. The van der Waals surface area contributed by atoms with E-state index in [1.54, 1.807) is 11.3 Å². The second kappa shape index (κ2) is 8.39. The van der Waals surface area contributed by atoms with Crippen LogP contribution in [-0.4, -0.2) is 36.7 Å². The lowest BCUT2D eigenvalue weighted by Gasteiger charge is -2.21. The third-order valence-electron chi connectivity index (χ3n) is 3.91. The van der Waals surface area contributed by atoms with Crippen molar-refractivity contribution < 1.29 is 9.53 Å². The smallest absolute Gasteiger partial charge is 0.317 e. The number of carbonyl (C=O) groups is 1. The third kappa shape index (κ3) is 5.00. The van der Waals surface area contributed by atoms with Crippen LogP contribution in [0.2, 0.25) is 0 Å². The van der Waals surface area contributed by atoms with Crippen molar-refractivity contribution >= 4 is 17.4 Å². The molecule has 1 saturated heterocycles. The quantitative estimate of drug-likeness (QED) is 0.903. The number of aryl methyl sites for hydroxylation is 1. The van der Waals surface area contributed by atoms with E-state index in [4.69, 9.17) is 4.74 Å². The highest BCUT2D eigenvalue weighted by Gasteiger charge is 2.20. The number of amides is 2. The summed E-state index contributed by atoms with van der Waals surface area (Å²) in [5, 5.41) is 7.25. The zero-order chi connectivity index (χ0) is 15.1. The van der Waals surface area contributed by atoms with Gasteiger partial charge in [0, 0.05) is 26.2 Å². The zero-order valence-corrected chi connectivity index (χ0v) is 13.9. The van der Waals surface area contributed by atoms with E-state index in [9.17, 15) is 4.79 Å². The largest absolute Gasteiger partial charge is 0.378 e. The molecule has 1 aromatic rings. The molecular formula is C16H26N2O2S. The maximum atomic E-state index is 12.3. The molecule has 1 N–H and O–H groups in total. The van der Waals surface area contributed by atoms with E-state index in [1.807, 2.05) is 4.90 Å². The van der Waals surface area contributed by atoms with Crippen LogP contribution in [0, 0.1) is 6.92 Å². The molecule has 1 aromatic heterocycles. The monoisotopic (exact) mass is 310 g/mol. The number of carbonyl (C=O) groups excluding carboxylic acids is 1. The molecule has 118 valence electrons. The van der Waals surface area contributed by atoms with Gasteiger partial charge in [-0.2, -0.15) is 11.3 Å². The fourth-order valence-electron chi connectivity index (χ4n) is 2.57. The number of hydrogen-bond donors (Lipinski definition) is 1. The number of nitrogens with zero attached hydrogens (tertiary/aromatic N) is 1. The van der Waals surface area contributed by atoms with Gasteiger partial charge in [0.15, 0.2) is 0 Å². The molecule has 2 heterocycles. The molecule has 0 spiro atoms. The third-order valence-corrected chi connectivity index (χ3v) is 4.82. The van der Waals surface area contributed by atoms with Crippen LogP contribution in [0.15, 0.2) is 10.8 Å².